The molecule has 10 nitrogen and oxygen atoms in total. The molecule has 3 rings (SSSR count). The number of rotatable bonds is 17. The van der Waals surface area contributed by atoms with Crippen LogP contribution in [0.4, 0.5) is 0 Å². The van der Waals surface area contributed by atoms with E-state index in [0.29, 0.717) is 32.0 Å². The molecular weight excluding hydrogens is 645 g/mol. The molecule has 1 aromatic heterocycles. The third-order valence-corrected chi connectivity index (χ3v) is 8.63. The van der Waals surface area contributed by atoms with Crippen LogP contribution in [-0.4, -0.2) is 95.9 Å². The van der Waals surface area contributed by atoms with Gasteiger partial charge in [0.15, 0.2) is 0 Å². The molecule has 1 N–H and O–H groups in total. The van der Waals surface area contributed by atoms with Crippen LogP contribution >= 0.6 is 0 Å². The summed E-state index contributed by atoms with van der Waals surface area (Å²) in [5.74, 6) is 12.3. The maximum Gasteiger partial charge on any atom is 0.433 e. The highest BCUT2D eigenvalue weighted by Gasteiger charge is 2.30. The molecule has 0 saturated carbocycles. The number of nitrogens with zero attached hydrogens (tertiary/aromatic N) is 2. The van der Waals surface area contributed by atoms with Gasteiger partial charge in [-0.05, 0) is 87.4 Å². The van der Waals surface area contributed by atoms with Crippen LogP contribution in [0.2, 0.25) is 0 Å². The summed E-state index contributed by atoms with van der Waals surface area (Å²) in [6.45, 7) is 16.3. The number of carbonyl (C=O) groups excluding carboxylic acids is 2. The highest BCUT2D eigenvalue weighted by molar-refractivity contribution is 6.74. The Morgan fingerprint density at radius 2 is 1.43 bits per heavy atom. The maximum atomic E-state index is 13.0. The van der Waals surface area contributed by atoms with Gasteiger partial charge in [-0.15, -0.1) is 11.6 Å². The van der Waals surface area contributed by atoms with Gasteiger partial charge < -0.3 is 33.5 Å². The van der Waals surface area contributed by atoms with E-state index in [1.807, 2.05) is 19.1 Å². The zero-order valence-corrected chi connectivity index (χ0v) is 31.7. The molecule has 0 fully saturated rings. The first-order valence-corrected chi connectivity index (χ1v) is 17.5. The van der Waals surface area contributed by atoms with Crippen molar-refractivity contribution in [3.63, 3.8) is 0 Å². The Bertz CT molecular complexity index is 1720. The van der Waals surface area contributed by atoms with Crippen molar-refractivity contribution < 1.29 is 33.3 Å². The van der Waals surface area contributed by atoms with Crippen molar-refractivity contribution in [1.82, 2.24) is 9.79 Å². The van der Waals surface area contributed by atoms with Gasteiger partial charge in [0.05, 0.1) is 38.7 Å². The molecule has 1 aromatic carbocycles. The molecule has 1 amide bonds. The summed E-state index contributed by atoms with van der Waals surface area (Å²) in [7, 11) is 3.27. The average molecular weight is 698 g/mol. The largest absolute Gasteiger partial charge is 0.465 e. The minimum atomic E-state index is -0.527. The second-order valence-corrected chi connectivity index (χ2v) is 11.8. The fourth-order valence-electron chi connectivity index (χ4n) is 6.17. The monoisotopic (exact) mass is 697 g/mol. The van der Waals surface area contributed by atoms with E-state index in [1.165, 1.54) is 11.1 Å². The number of aliphatic imine (C=N–C) groups is 1. The number of hydrogen-bond donors (Lipinski definition) is 1. The number of aromatic nitrogens is 1. The van der Waals surface area contributed by atoms with E-state index in [4.69, 9.17) is 28.7 Å². The topological polar surface area (TPSA) is 110 Å². The fraction of sp³-hybridized carbons (Fsp3) is 0.475. The molecular formula is C40H52BN3O7. The Kier molecular flexibility index (Phi) is 17.0. The lowest BCUT2D eigenvalue weighted by atomic mass is 9.63. The number of allylic oxidation sites excluding steroid dienone is 2. The summed E-state index contributed by atoms with van der Waals surface area (Å²) in [6.07, 6.45) is 1.66. The van der Waals surface area contributed by atoms with Crippen LogP contribution in [-0.2, 0) is 34.9 Å². The van der Waals surface area contributed by atoms with Gasteiger partial charge in [0, 0.05) is 42.5 Å². The normalized spacial score (nSPS) is 13.2. The van der Waals surface area contributed by atoms with Crippen LogP contribution in [0.25, 0.3) is 5.57 Å². The zero-order chi connectivity index (χ0) is 37.3. The summed E-state index contributed by atoms with van der Waals surface area (Å²) in [5, 5.41) is 2.64. The Hall–Kier alpha value is -4.39. The minimum Gasteiger partial charge on any atom is -0.465 e. The molecule has 2 heterocycles. The van der Waals surface area contributed by atoms with E-state index in [-0.39, 0.29) is 32.3 Å². The first-order valence-electron chi connectivity index (χ1n) is 17.5. The molecule has 0 spiro atoms. The Morgan fingerprint density at radius 1 is 0.843 bits per heavy atom. The lowest BCUT2D eigenvalue weighted by molar-refractivity contribution is -0.141. The van der Waals surface area contributed by atoms with E-state index in [2.05, 4.69) is 67.9 Å². The van der Waals surface area contributed by atoms with Crippen molar-refractivity contribution in [3.05, 3.63) is 74.8 Å². The van der Waals surface area contributed by atoms with Crippen molar-refractivity contribution >= 4 is 30.0 Å². The van der Waals surface area contributed by atoms with E-state index < -0.39 is 12.8 Å². The maximum absolute atomic E-state index is 13.0. The van der Waals surface area contributed by atoms with Crippen LogP contribution in [0.1, 0.15) is 79.5 Å². The lowest BCUT2D eigenvalue weighted by Gasteiger charge is -2.19. The van der Waals surface area contributed by atoms with Crippen molar-refractivity contribution in [3.8, 4) is 23.5 Å². The summed E-state index contributed by atoms with van der Waals surface area (Å²) >= 11 is 0. The molecule has 1 aliphatic rings. The fourth-order valence-corrected chi connectivity index (χ4v) is 6.17. The van der Waals surface area contributed by atoms with Crippen molar-refractivity contribution in [1.29, 1.82) is 0 Å². The summed E-state index contributed by atoms with van der Waals surface area (Å²) in [5.41, 5.74) is 10.7. The van der Waals surface area contributed by atoms with Crippen molar-refractivity contribution in [2.24, 2.45) is 4.99 Å². The molecule has 0 radical (unpaired) electrons. The quantitative estimate of drug-likeness (QED) is 0.105. The SMILES string of the molecule is CCOC(=O)CNC(=O)c1ccc(/C(=C2/N=C(C)C(CC)=C2C)c2c(C)c(CC)c(C)n2B(C#CCOCCOC)C#CCOCCOC)cc1. The number of ether oxygens (including phenoxy) is 5. The second kappa shape index (κ2) is 21.1. The molecule has 11 heteroatoms. The second-order valence-electron chi connectivity index (χ2n) is 11.8. The molecule has 1 aliphatic heterocycles. The summed E-state index contributed by atoms with van der Waals surface area (Å²) in [6, 6.07) is 7.40. The third-order valence-electron chi connectivity index (χ3n) is 8.63. The molecule has 0 aliphatic carbocycles. The molecule has 0 saturated heterocycles. The third kappa shape index (κ3) is 10.8. The van der Waals surface area contributed by atoms with E-state index in [9.17, 15) is 9.59 Å². The number of nitrogens with one attached hydrogen (secondary N) is 1. The summed E-state index contributed by atoms with van der Waals surface area (Å²) in [4.78, 5) is 30.0. The van der Waals surface area contributed by atoms with E-state index >= 15 is 0 Å². The predicted molar refractivity (Wildman–Crippen MR) is 203 cm³/mol. The smallest absolute Gasteiger partial charge is 0.433 e. The van der Waals surface area contributed by atoms with Crippen LogP contribution in [0.5, 0.6) is 0 Å². The Balaban J connectivity index is 2.25. The molecule has 0 atom stereocenters. The van der Waals surface area contributed by atoms with Gasteiger partial charge in [0.1, 0.15) is 19.8 Å². The van der Waals surface area contributed by atoms with Gasteiger partial charge >= 0.3 is 12.8 Å². The van der Waals surface area contributed by atoms with Gasteiger partial charge in [-0.2, -0.15) is 0 Å². The lowest BCUT2D eigenvalue weighted by Crippen LogP contribution is -2.30. The van der Waals surface area contributed by atoms with Crippen LogP contribution in [0.3, 0.4) is 0 Å². The van der Waals surface area contributed by atoms with Crippen molar-refractivity contribution in [2.75, 3.05) is 67.0 Å². The Labute approximate surface area is 304 Å². The highest BCUT2D eigenvalue weighted by atomic mass is 16.5. The van der Waals surface area contributed by atoms with Gasteiger partial charge in [0.25, 0.3) is 5.91 Å². The number of hydrogen-bond acceptors (Lipinski definition) is 8. The Morgan fingerprint density at radius 3 is 1.94 bits per heavy atom. The number of methoxy groups -OCH3 is 2. The first-order chi connectivity index (χ1) is 24.6. The van der Waals surface area contributed by atoms with Crippen LogP contribution in [0, 0.1) is 37.3 Å². The molecule has 272 valence electrons. The highest BCUT2D eigenvalue weighted by Crippen LogP contribution is 2.40. The van der Waals surface area contributed by atoms with Gasteiger partial charge in [-0.25, -0.2) is 0 Å². The van der Waals surface area contributed by atoms with Gasteiger partial charge in [-0.3, -0.25) is 14.6 Å². The number of benzene rings is 1. The first kappa shape index (κ1) is 41.0. The molecule has 2 aromatic rings. The van der Waals surface area contributed by atoms with Gasteiger partial charge in [-0.1, -0.05) is 37.8 Å². The molecule has 51 heavy (non-hydrogen) atoms. The van der Waals surface area contributed by atoms with Crippen LogP contribution in [0.15, 0.2) is 46.1 Å². The van der Waals surface area contributed by atoms with E-state index in [0.717, 1.165) is 57.9 Å². The minimum absolute atomic E-state index is 0.203. The van der Waals surface area contributed by atoms with Gasteiger partial charge in [0.2, 0.25) is 0 Å². The number of amides is 1. The summed E-state index contributed by atoms with van der Waals surface area (Å²) < 4.78 is 28.7. The van der Waals surface area contributed by atoms with E-state index in [1.54, 1.807) is 33.3 Å². The van der Waals surface area contributed by atoms with Crippen LogP contribution < -0.4 is 5.32 Å². The number of esters is 1. The standard InChI is InChI=1S/C40H52BN3O7/c1-10-34-28(4)38(43-30(34)6)37(32-15-17-33(18-16-32)40(46)42-27-36(45)51-12-3)39-29(5)35(11-2)31(7)44(39)41(19-13-21-49-25-23-47-8)20-14-22-50-26-24-48-9/h15-18H,10-12,21-27H2,1-9H3,(H,42,46)/b38-37-. The zero-order valence-electron chi connectivity index (χ0n) is 31.7. The van der Waals surface area contributed by atoms with Crippen molar-refractivity contribution in [2.45, 2.75) is 61.3 Å². The average Bonchev–Trinajstić information content (AvgIpc) is 3.55. The number of carbonyl (C=O) groups is 2. The molecule has 0 bridgehead atoms. The molecule has 0 unspecified atom stereocenters. The predicted octanol–water partition coefficient (Wildman–Crippen LogP) is 5.17.